The second-order valence-electron chi connectivity index (χ2n) is 8.59. The van der Waals surface area contributed by atoms with E-state index in [1.54, 1.807) is 22.0 Å². The van der Waals surface area contributed by atoms with Crippen molar-refractivity contribution in [3.63, 3.8) is 0 Å². The fourth-order valence-electron chi connectivity index (χ4n) is 3.82. The van der Waals surface area contributed by atoms with Crippen LogP contribution in [0, 0.1) is 5.82 Å². The highest BCUT2D eigenvalue weighted by atomic mass is 19.1. The van der Waals surface area contributed by atoms with Crippen molar-refractivity contribution in [1.29, 1.82) is 0 Å². The molecule has 1 aliphatic rings. The Bertz CT molecular complexity index is 1190. The van der Waals surface area contributed by atoms with Gasteiger partial charge in [-0.2, -0.15) is 5.10 Å². The molecule has 0 saturated carbocycles. The van der Waals surface area contributed by atoms with E-state index < -0.39 is 0 Å². The van der Waals surface area contributed by atoms with Crippen molar-refractivity contribution in [2.45, 2.75) is 25.3 Å². The molecule has 0 bridgehead atoms. The summed E-state index contributed by atoms with van der Waals surface area (Å²) in [5.41, 5.74) is 3.10. The Morgan fingerprint density at radius 1 is 1.20 bits per heavy atom. The number of hydrogen-bond acceptors (Lipinski definition) is 6. The van der Waals surface area contributed by atoms with Crippen molar-refractivity contribution in [2.75, 3.05) is 32.6 Å². The Morgan fingerprint density at radius 2 is 1.91 bits per heavy atom. The molecule has 35 heavy (non-hydrogen) atoms. The zero-order chi connectivity index (χ0) is 25.4. The van der Waals surface area contributed by atoms with Gasteiger partial charge in [0.05, 0.1) is 18.1 Å². The summed E-state index contributed by atoms with van der Waals surface area (Å²) in [6, 6.07) is 9.21. The Kier molecular flexibility index (Phi) is 8.62. The van der Waals surface area contributed by atoms with Gasteiger partial charge in [-0.3, -0.25) is 9.78 Å². The number of pyridine rings is 1. The van der Waals surface area contributed by atoms with Gasteiger partial charge in [0.2, 0.25) is 5.91 Å². The average molecular weight is 478 g/mol. The van der Waals surface area contributed by atoms with Crippen LogP contribution in [0.2, 0.25) is 0 Å². The molecular formula is C26H32FN7O. The molecule has 1 aliphatic heterocycles. The maximum Gasteiger partial charge on any atom is 0.228 e. The number of amides is 1. The first kappa shape index (κ1) is 25.9. The fourth-order valence-corrected chi connectivity index (χ4v) is 3.82. The average Bonchev–Trinajstić information content (AvgIpc) is 3.40. The van der Waals surface area contributed by atoms with Crippen molar-refractivity contribution in [3.8, 4) is 11.3 Å². The first-order valence-corrected chi connectivity index (χ1v) is 11.3. The number of benzene rings is 1. The third-order valence-electron chi connectivity index (χ3n) is 5.72. The van der Waals surface area contributed by atoms with E-state index in [0.29, 0.717) is 25.2 Å². The first-order valence-electron chi connectivity index (χ1n) is 11.3. The third kappa shape index (κ3) is 6.26. The summed E-state index contributed by atoms with van der Waals surface area (Å²) in [7, 11) is 5.63. The number of carbonyl (C=O) groups excluding carboxylic acids is 1. The molecule has 2 N–H and O–H groups in total. The first-order chi connectivity index (χ1) is 16.8. The molecule has 3 heterocycles. The van der Waals surface area contributed by atoms with Crippen LogP contribution in [0.15, 0.2) is 60.1 Å². The smallest absolute Gasteiger partial charge is 0.228 e. The van der Waals surface area contributed by atoms with Gasteiger partial charge in [0.1, 0.15) is 5.82 Å². The minimum atomic E-state index is -0.359. The van der Waals surface area contributed by atoms with Crippen LogP contribution >= 0.6 is 0 Å². The van der Waals surface area contributed by atoms with Gasteiger partial charge in [0.25, 0.3) is 0 Å². The summed E-state index contributed by atoms with van der Waals surface area (Å²) in [5, 5.41) is 10.1. The molecule has 1 aromatic carbocycles. The summed E-state index contributed by atoms with van der Waals surface area (Å²) in [6.45, 7) is 6.34. The number of halogens is 1. The summed E-state index contributed by atoms with van der Waals surface area (Å²) in [6.07, 6.45) is 9.23. The molecule has 1 atom stereocenters. The predicted octanol–water partition coefficient (Wildman–Crippen LogP) is 3.35. The number of likely N-dealkylation sites (N-methyl/N-ethyl adjacent to an activating group) is 1. The molecule has 9 heteroatoms. The highest BCUT2D eigenvalue weighted by Gasteiger charge is 2.38. The van der Waals surface area contributed by atoms with Crippen LogP contribution in [-0.2, 0) is 11.2 Å². The van der Waals surface area contributed by atoms with Crippen LogP contribution in [0.5, 0.6) is 0 Å². The molecule has 1 fully saturated rings. The summed E-state index contributed by atoms with van der Waals surface area (Å²) in [5.74, 6) is 0.360. The Hall–Kier alpha value is -3.69. The number of anilines is 1. The lowest BCUT2D eigenvalue weighted by Gasteiger charge is -2.23. The number of imidazole rings is 1. The van der Waals surface area contributed by atoms with E-state index in [1.807, 2.05) is 64.5 Å². The van der Waals surface area contributed by atoms with Gasteiger partial charge in [0.15, 0.2) is 5.82 Å². The van der Waals surface area contributed by atoms with Gasteiger partial charge in [-0.1, -0.05) is 18.2 Å². The van der Waals surface area contributed by atoms with Gasteiger partial charge >= 0.3 is 0 Å². The number of nitrogens with one attached hydrogen (secondary N) is 2. The lowest BCUT2D eigenvalue weighted by molar-refractivity contribution is -0.117. The lowest BCUT2D eigenvalue weighted by Crippen LogP contribution is -2.42. The number of aromatic nitrogens is 3. The monoisotopic (exact) mass is 477 g/mol. The zero-order valence-corrected chi connectivity index (χ0v) is 20.6. The van der Waals surface area contributed by atoms with Gasteiger partial charge < -0.3 is 15.5 Å². The van der Waals surface area contributed by atoms with Crippen LogP contribution in [0.3, 0.4) is 0 Å². The quantitative estimate of drug-likeness (QED) is 0.510. The number of nitrogens with zero attached hydrogens (tertiary/aromatic N) is 5. The standard InChI is InChI=1S/C24H25FN6O.C2H7N/c1-24(26-2)12-23(32)30(16-24)20-9-7-18(8-10-20)21-15-29-22(31(21)27-3)6-4-5-17-11-19(25)14-28-13-17;1-3-2/h4,6-11,13-15,26H,3,5,12,16H2,1-2H3;3H,1-2H3/b6-4-;. The molecule has 184 valence electrons. The second-order valence-corrected chi connectivity index (χ2v) is 8.59. The summed E-state index contributed by atoms with van der Waals surface area (Å²) in [4.78, 5) is 22.5. The molecule has 1 unspecified atom stereocenters. The summed E-state index contributed by atoms with van der Waals surface area (Å²) < 4.78 is 14.9. The number of hydrogen-bond donors (Lipinski definition) is 2. The molecule has 1 saturated heterocycles. The minimum Gasteiger partial charge on any atom is -0.323 e. The second kappa shape index (κ2) is 11.6. The maximum atomic E-state index is 13.3. The van der Waals surface area contributed by atoms with Gasteiger partial charge in [-0.15, -0.1) is 0 Å². The Labute approximate surface area is 205 Å². The van der Waals surface area contributed by atoms with Crippen LogP contribution in [0.4, 0.5) is 10.1 Å². The topological polar surface area (TPSA) is 87.4 Å². The van der Waals surface area contributed by atoms with E-state index in [0.717, 1.165) is 22.5 Å². The van der Waals surface area contributed by atoms with Crippen molar-refractivity contribution in [1.82, 2.24) is 25.3 Å². The normalized spacial score (nSPS) is 17.5. The zero-order valence-electron chi connectivity index (χ0n) is 20.6. The van der Waals surface area contributed by atoms with Gasteiger partial charge in [-0.05, 0) is 64.3 Å². The predicted molar refractivity (Wildman–Crippen MR) is 139 cm³/mol. The third-order valence-corrected chi connectivity index (χ3v) is 5.72. The van der Waals surface area contributed by atoms with E-state index in [1.165, 1.54) is 12.3 Å². The van der Waals surface area contributed by atoms with Crippen LogP contribution < -0.4 is 15.5 Å². The van der Waals surface area contributed by atoms with E-state index >= 15 is 0 Å². The van der Waals surface area contributed by atoms with Crippen LogP contribution in [0.25, 0.3) is 17.3 Å². The molecule has 2 aromatic heterocycles. The number of allylic oxidation sites excluding steroid dienone is 1. The summed E-state index contributed by atoms with van der Waals surface area (Å²) >= 11 is 0. The molecular weight excluding hydrogens is 445 g/mol. The van der Waals surface area contributed by atoms with E-state index in [4.69, 9.17) is 0 Å². The molecule has 0 radical (unpaired) electrons. The van der Waals surface area contributed by atoms with E-state index in [-0.39, 0.29) is 17.3 Å². The van der Waals surface area contributed by atoms with Gasteiger partial charge in [-0.25, -0.2) is 14.1 Å². The van der Waals surface area contributed by atoms with Crippen molar-refractivity contribution in [3.05, 3.63) is 72.2 Å². The van der Waals surface area contributed by atoms with E-state index in [2.05, 4.69) is 32.4 Å². The minimum absolute atomic E-state index is 0.105. The Balaban J connectivity index is 0.00000108. The number of rotatable bonds is 7. The molecule has 8 nitrogen and oxygen atoms in total. The van der Waals surface area contributed by atoms with E-state index in [9.17, 15) is 9.18 Å². The van der Waals surface area contributed by atoms with Crippen LogP contribution in [0.1, 0.15) is 24.7 Å². The Morgan fingerprint density at radius 3 is 2.51 bits per heavy atom. The van der Waals surface area contributed by atoms with Gasteiger partial charge in [0, 0.05) is 42.7 Å². The molecule has 4 rings (SSSR count). The highest BCUT2D eigenvalue weighted by Crippen LogP contribution is 2.30. The van der Waals surface area contributed by atoms with Crippen LogP contribution in [-0.4, -0.2) is 60.5 Å². The van der Waals surface area contributed by atoms with Crippen molar-refractivity contribution < 1.29 is 9.18 Å². The fraction of sp³-hybridized carbons (Fsp3) is 0.308. The highest BCUT2D eigenvalue weighted by molar-refractivity contribution is 5.97. The molecule has 0 spiro atoms. The molecule has 0 aliphatic carbocycles. The lowest BCUT2D eigenvalue weighted by atomic mass is 10.0. The van der Waals surface area contributed by atoms with Crippen molar-refractivity contribution >= 4 is 24.4 Å². The number of carbonyl (C=O) groups is 1. The van der Waals surface area contributed by atoms with Crippen molar-refractivity contribution in [2.24, 2.45) is 5.10 Å². The SMILES string of the molecule is C=Nn1c(-c2ccc(N3CC(C)(NC)CC3=O)cc2)cnc1/C=C\Cc1cncc(F)c1.CNC. The molecule has 3 aromatic rings. The molecule has 1 amide bonds. The largest absolute Gasteiger partial charge is 0.323 e. The maximum absolute atomic E-state index is 13.3.